The van der Waals surface area contributed by atoms with E-state index in [0.717, 1.165) is 44.9 Å². The molecule has 0 aliphatic carbocycles. The summed E-state index contributed by atoms with van der Waals surface area (Å²) in [5, 5.41) is 0. The maximum Gasteiger partial charge on any atom is 0.413 e. The molecule has 0 saturated carbocycles. The van der Waals surface area contributed by atoms with E-state index in [9.17, 15) is 9.59 Å². The molecule has 0 amide bonds. The predicted molar refractivity (Wildman–Crippen MR) is 195 cm³/mol. The van der Waals surface area contributed by atoms with Crippen molar-refractivity contribution in [2.75, 3.05) is 13.2 Å². The van der Waals surface area contributed by atoms with Crippen LogP contribution in [-0.4, -0.2) is 25.2 Å². The molecule has 3 rings (SSSR count). The Bertz CT molecular complexity index is 1260. The number of hydrogen-bond donors (Lipinski definition) is 0. The molecule has 2 aromatic carbocycles. The van der Waals surface area contributed by atoms with Crippen LogP contribution < -0.4 is 9.05 Å². The second-order valence-corrected chi connectivity index (χ2v) is 19.0. The molecule has 10 heteroatoms. The van der Waals surface area contributed by atoms with Crippen LogP contribution in [0.4, 0.5) is 0 Å². The summed E-state index contributed by atoms with van der Waals surface area (Å²) in [6.45, 7) is 30.2. The van der Waals surface area contributed by atoms with Gasteiger partial charge in [0.2, 0.25) is 0 Å². The minimum atomic E-state index is -1.69. The molecule has 1 aliphatic heterocycles. The first-order chi connectivity index (χ1) is 22.0. The van der Waals surface area contributed by atoms with Crippen molar-refractivity contribution in [1.82, 2.24) is 0 Å². The van der Waals surface area contributed by atoms with Crippen LogP contribution in [0, 0.1) is 0 Å². The molecule has 8 nitrogen and oxygen atoms in total. The zero-order valence-corrected chi connectivity index (χ0v) is 33.5. The summed E-state index contributed by atoms with van der Waals surface area (Å²) in [5.41, 5.74) is 5.29. The maximum absolute atomic E-state index is 12.1. The van der Waals surface area contributed by atoms with E-state index in [-0.39, 0.29) is 33.6 Å². The highest BCUT2D eigenvalue weighted by Gasteiger charge is 2.44. The quantitative estimate of drug-likeness (QED) is 0.159. The van der Waals surface area contributed by atoms with Crippen LogP contribution in [0.3, 0.4) is 0 Å². The molecule has 0 aromatic heterocycles. The third-order valence-corrected chi connectivity index (χ3v) is 10.8. The molecule has 0 bridgehead atoms. The normalized spacial score (nSPS) is 17.0. The number of benzene rings is 2. The van der Waals surface area contributed by atoms with Crippen LogP contribution in [0.15, 0.2) is 24.3 Å². The van der Waals surface area contributed by atoms with Gasteiger partial charge in [0.05, 0.1) is 13.2 Å². The SMILES string of the molecule is CCOC(=O)CCc1cc(C(C)(C)C)c(OP2OP(Oc3c(C(C)(C)C)cc(CCC(=O)OCC)cc3C(C)(C)C)O2)c(C(C)(C)C)c1. The Morgan fingerprint density at radius 1 is 0.542 bits per heavy atom. The largest absolute Gasteiger partial charge is 0.466 e. The number of aryl methyl sites for hydroxylation is 2. The molecule has 1 saturated heterocycles. The fourth-order valence-electron chi connectivity index (χ4n) is 5.38. The first kappa shape index (κ1) is 40.2. The molecule has 1 heterocycles. The molecule has 48 heavy (non-hydrogen) atoms. The summed E-state index contributed by atoms with van der Waals surface area (Å²) in [6, 6.07) is 8.53. The molecule has 0 radical (unpaired) electrons. The zero-order valence-electron chi connectivity index (χ0n) is 31.7. The standard InChI is InChI=1S/C38H58O8P2/c1-15-41-31(39)19-17-25-21-27(35(3,4)5)33(28(22-25)36(6,7)8)43-47-45-48(46-47)44-34-29(37(9,10)11)23-26(18-20-32(40)42-16-2)24-30(34)38(12,13)14/h21-24H,15-20H2,1-14H3. The van der Waals surface area contributed by atoms with Gasteiger partial charge in [0.15, 0.2) is 0 Å². The van der Waals surface area contributed by atoms with E-state index in [4.69, 9.17) is 27.1 Å². The predicted octanol–water partition coefficient (Wildman–Crippen LogP) is 10.8. The van der Waals surface area contributed by atoms with Gasteiger partial charge in [-0.05, 0) is 59.5 Å². The average Bonchev–Trinajstić information content (AvgIpc) is 2.92. The molecule has 0 unspecified atom stereocenters. The van der Waals surface area contributed by atoms with Crippen molar-refractivity contribution >= 4 is 29.1 Å². The summed E-state index contributed by atoms with van der Waals surface area (Å²) in [6.07, 6.45) is 1.81. The maximum atomic E-state index is 12.1. The zero-order chi connectivity index (χ0) is 36.2. The lowest BCUT2D eigenvalue weighted by Crippen LogP contribution is -2.22. The van der Waals surface area contributed by atoms with Crippen LogP contribution in [0.5, 0.6) is 11.5 Å². The number of carbonyl (C=O) groups excluding carboxylic acids is 2. The minimum Gasteiger partial charge on any atom is -0.466 e. The molecule has 0 N–H and O–H groups in total. The van der Waals surface area contributed by atoms with Crippen LogP contribution in [0.2, 0.25) is 0 Å². The third kappa shape index (κ3) is 10.9. The van der Waals surface area contributed by atoms with Gasteiger partial charge >= 0.3 is 29.1 Å². The second-order valence-electron chi connectivity index (χ2n) is 16.4. The van der Waals surface area contributed by atoms with Crippen LogP contribution >= 0.6 is 17.2 Å². The van der Waals surface area contributed by atoms with E-state index in [1.54, 1.807) is 0 Å². The lowest BCUT2D eigenvalue weighted by atomic mass is 9.78. The van der Waals surface area contributed by atoms with Crippen LogP contribution in [0.25, 0.3) is 0 Å². The van der Waals surface area contributed by atoms with Crippen molar-refractivity contribution in [2.24, 2.45) is 0 Å². The Morgan fingerprint density at radius 2 is 0.812 bits per heavy atom. The van der Waals surface area contributed by atoms with Gasteiger partial charge in [-0.15, -0.1) is 0 Å². The molecule has 2 aromatic rings. The van der Waals surface area contributed by atoms with Gasteiger partial charge in [-0.3, -0.25) is 9.59 Å². The van der Waals surface area contributed by atoms with E-state index in [1.165, 1.54) is 0 Å². The van der Waals surface area contributed by atoms with E-state index >= 15 is 0 Å². The van der Waals surface area contributed by atoms with Crippen LogP contribution in [0.1, 0.15) is 143 Å². The topological polar surface area (TPSA) is 89.5 Å². The Balaban J connectivity index is 1.90. The second kappa shape index (κ2) is 15.8. The number of hydrogen-bond acceptors (Lipinski definition) is 8. The summed E-state index contributed by atoms with van der Waals surface area (Å²) in [7, 11) is -3.38. The van der Waals surface area contributed by atoms with Crippen molar-refractivity contribution in [1.29, 1.82) is 0 Å². The minimum absolute atomic E-state index is 0.198. The molecule has 1 aliphatic rings. The van der Waals surface area contributed by atoms with Gasteiger partial charge in [0.25, 0.3) is 0 Å². The number of rotatable bonds is 12. The van der Waals surface area contributed by atoms with Crippen molar-refractivity contribution in [3.05, 3.63) is 57.6 Å². The van der Waals surface area contributed by atoms with E-state index < -0.39 is 17.2 Å². The monoisotopic (exact) mass is 704 g/mol. The molecule has 1 fully saturated rings. The average molecular weight is 705 g/mol. The number of ether oxygens (including phenoxy) is 2. The molecular formula is C38H58O8P2. The van der Waals surface area contributed by atoms with E-state index in [0.29, 0.717) is 38.9 Å². The van der Waals surface area contributed by atoms with Gasteiger partial charge in [-0.1, -0.05) is 107 Å². The van der Waals surface area contributed by atoms with Gasteiger partial charge in [-0.2, -0.15) is 0 Å². The van der Waals surface area contributed by atoms with Gasteiger partial charge in [0, 0.05) is 35.1 Å². The Morgan fingerprint density at radius 3 is 1.04 bits per heavy atom. The van der Waals surface area contributed by atoms with Gasteiger partial charge in [0.1, 0.15) is 11.5 Å². The highest BCUT2D eigenvalue weighted by atomic mass is 31.3. The van der Waals surface area contributed by atoms with Crippen molar-refractivity contribution < 1.29 is 36.7 Å². The fourth-order valence-corrected chi connectivity index (χ4v) is 7.53. The van der Waals surface area contributed by atoms with Crippen molar-refractivity contribution in [3.8, 4) is 11.5 Å². The first-order valence-electron chi connectivity index (χ1n) is 17.0. The summed E-state index contributed by atoms with van der Waals surface area (Å²) in [4.78, 5) is 24.3. The highest BCUT2D eigenvalue weighted by molar-refractivity contribution is 7.69. The molecule has 268 valence electrons. The third-order valence-electron chi connectivity index (χ3n) is 7.97. The molecule has 0 spiro atoms. The number of esters is 2. The molecule has 0 atom stereocenters. The Hall–Kier alpha value is -2.24. The summed E-state index contributed by atoms with van der Waals surface area (Å²) >= 11 is 0. The summed E-state index contributed by atoms with van der Waals surface area (Å²) in [5.74, 6) is 1.12. The number of carbonyl (C=O) groups is 2. The Kier molecular flexibility index (Phi) is 13.2. The van der Waals surface area contributed by atoms with Gasteiger partial charge in [-0.25, -0.2) is 8.62 Å². The first-order valence-corrected chi connectivity index (χ1v) is 19.2. The molecular weight excluding hydrogens is 646 g/mol. The summed E-state index contributed by atoms with van der Waals surface area (Å²) < 4.78 is 35.9. The lowest BCUT2D eigenvalue weighted by molar-refractivity contribution is -0.144. The van der Waals surface area contributed by atoms with E-state index in [1.807, 2.05) is 13.8 Å². The highest BCUT2D eigenvalue weighted by Crippen LogP contribution is 2.73. The van der Waals surface area contributed by atoms with Crippen molar-refractivity contribution in [2.45, 2.75) is 144 Å². The van der Waals surface area contributed by atoms with E-state index in [2.05, 4.69) is 107 Å². The smallest absolute Gasteiger partial charge is 0.413 e. The fraction of sp³-hybridized carbons (Fsp3) is 0.632. The van der Waals surface area contributed by atoms with Gasteiger partial charge < -0.3 is 18.5 Å². The van der Waals surface area contributed by atoms with Crippen LogP contribution in [-0.2, 0) is 62.2 Å². The van der Waals surface area contributed by atoms with Crippen molar-refractivity contribution in [3.63, 3.8) is 0 Å². The Labute approximate surface area is 291 Å². The lowest BCUT2D eigenvalue weighted by Gasteiger charge is -2.37.